The molecule has 0 spiro atoms. The average Bonchev–Trinajstić information content (AvgIpc) is 2.82. The summed E-state index contributed by atoms with van der Waals surface area (Å²) in [4.78, 5) is 7.36. The van der Waals surface area contributed by atoms with Gasteiger partial charge < -0.3 is 4.98 Å². The fourth-order valence-corrected chi connectivity index (χ4v) is 1.92. The van der Waals surface area contributed by atoms with Crippen LogP contribution in [0.5, 0.6) is 0 Å². The zero-order chi connectivity index (χ0) is 12.5. The molecule has 0 saturated heterocycles. The molecule has 3 rings (SSSR count). The van der Waals surface area contributed by atoms with E-state index < -0.39 is 6.43 Å². The molecule has 2 heterocycles. The van der Waals surface area contributed by atoms with Gasteiger partial charge in [-0.05, 0) is 23.8 Å². The zero-order valence-electron chi connectivity index (χ0n) is 9.40. The molecule has 0 bridgehead atoms. The van der Waals surface area contributed by atoms with E-state index in [4.69, 9.17) is 0 Å². The lowest BCUT2D eigenvalue weighted by molar-refractivity contribution is 0.151. The highest BCUT2D eigenvalue weighted by Crippen LogP contribution is 2.25. The van der Waals surface area contributed by atoms with Crippen LogP contribution in [0.4, 0.5) is 8.78 Å². The third kappa shape index (κ3) is 1.86. The minimum atomic E-state index is -2.43. The maximum Gasteiger partial charge on any atom is 0.263 e. The molecule has 1 N–H and O–H groups in total. The highest BCUT2D eigenvalue weighted by Gasteiger charge is 2.08. The predicted molar refractivity (Wildman–Crippen MR) is 66.5 cm³/mol. The molecule has 90 valence electrons. The van der Waals surface area contributed by atoms with Crippen LogP contribution in [0.2, 0.25) is 0 Å². The van der Waals surface area contributed by atoms with Gasteiger partial charge in [0.2, 0.25) is 0 Å². The normalized spacial score (nSPS) is 11.3. The van der Waals surface area contributed by atoms with E-state index in [1.807, 2.05) is 18.2 Å². The van der Waals surface area contributed by atoms with Gasteiger partial charge in [0.25, 0.3) is 6.43 Å². The van der Waals surface area contributed by atoms with Crippen LogP contribution < -0.4 is 0 Å². The standard InChI is InChI=1S/C14H10F2N2/c15-13(16)10-5-3-9(4-6-10)12-8-11-2-1-7-17-14(11)18-12/h1-8,13H,(H,17,18). The van der Waals surface area contributed by atoms with Crippen molar-refractivity contribution in [2.24, 2.45) is 0 Å². The molecule has 2 nitrogen and oxygen atoms in total. The quantitative estimate of drug-likeness (QED) is 0.720. The highest BCUT2D eigenvalue weighted by molar-refractivity contribution is 5.82. The lowest BCUT2D eigenvalue weighted by Crippen LogP contribution is -1.84. The Bertz CT molecular complexity index is 639. The molecule has 3 aromatic rings. The summed E-state index contributed by atoms with van der Waals surface area (Å²) in [6.45, 7) is 0. The van der Waals surface area contributed by atoms with Crippen molar-refractivity contribution in [1.29, 1.82) is 0 Å². The second-order valence-electron chi connectivity index (χ2n) is 4.05. The Morgan fingerprint density at radius 2 is 1.83 bits per heavy atom. The molecule has 4 heteroatoms. The first-order valence-electron chi connectivity index (χ1n) is 5.56. The van der Waals surface area contributed by atoms with Crippen molar-refractivity contribution in [1.82, 2.24) is 9.97 Å². The van der Waals surface area contributed by atoms with Crippen molar-refractivity contribution in [3.05, 3.63) is 54.2 Å². The zero-order valence-corrected chi connectivity index (χ0v) is 9.40. The summed E-state index contributed by atoms with van der Waals surface area (Å²) in [5.74, 6) is 0. The molecule has 0 aliphatic carbocycles. The van der Waals surface area contributed by atoms with Crippen molar-refractivity contribution in [3.8, 4) is 11.3 Å². The lowest BCUT2D eigenvalue weighted by atomic mass is 10.1. The molecule has 0 fully saturated rings. The van der Waals surface area contributed by atoms with Crippen molar-refractivity contribution in [3.63, 3.8) is 0 Å². The maximum absolute atomic E-state index is 12.5. The van der Waals surface area contributed by atoms with Crippen molar-refractivity contribution in [2.75, 3.05) is 0 Å². The number of alkyl halides is 2. The number of aromatic amines is 1. The summed E-state index contributed by atoms with van der Waals surface area (Å²) >= 11 is 0. The first-order valence-corrected chi connectivity index (χ1v) is 5.56. The molecule has 0 radical (unpaired) electrons. The monoisotopic (exact) mass is 244 g/mol. The van der Waals surface area contributed by atoms with E-state index in [1.165, 1.54) is 12.1 Å². The average molecular weight is 244 g/mol. The maximum atomic E-state index is 12.5. The van der Waals surface area contributed by atoms with Crippen LogP contribution in [0.3, 0.4) is 0 Å². The molecule has 0 aliphatic rings. The number of hydrogen-bond acceptors (Lipinski definition) is 1. The number of nitrogens with zero attached hydrogens (tertiary/aromatic N) is 1. The largest absolute Gasteiger partial charge is 0.339 e. The second kappa shape index (κ2) is 4.22. The van der Waals surface area contributed by atoms with Crippen LogP contribution in [0, 0.1) is 0 Å². The number of nitrogens with one attached hydrogen (secondary N) is 1. The van der Waals surface area contributed by atoms with Crippen molar-refractivity contribution < 1.29 is 8.78 Å². The Kier molecular flexibility index (Phi) is 2.55. The summed E-state index contributed by atoms with van der Waals surface area (Å²) in [6.07, 6.45) is -0.717. The molecule has 0 amide bonds. The number of aromatic nitrogens is 2. The van der Waals surface area contributed by atoms with E-state index in [2.05, 4.69) is 9.97 Å². The fraction of sp³-hybridized carbons (Fsp3) is 0.0714. The molecule has 0 saturated carbocycles. The fourth-order valence-electron chi connectivity index (χ4n) is 1.92. The Hall–Kier alpha value is -2.23. The minimum Gasteiger partial charge on any atom is -0.339 e. The summed E-state index contributed by atoms with van der Waals surface area (Å²) in [6, 6.07) is 12.0. The Labute approximate surface area is 102 Å². The van der Waals surface area contributed by atoms with Crippen molar-refractivity contribution >= 4 is 11.0 Å². The van der Waals surface area contributed by atoms with Gasteiger partial charge in [-0.25, -0.2) is 13.8 Å². The van der Waals surface area contributed by atoms with Gasteiger partial charge in [-0.3, -0.25) is 0 Å². The molecule has 0 aliphatic heterocycles. The van der Waals surface area contributed by atoms with Gasteiger partial charge in [0.1, 0.15) is 5.65 Å². The number of pyridine rings is 1. The number of H-pyrrole nitrogens is 1. The third-order valence-corrected chi connectivity index (χ3v) is 2.87. The molecular weight excluding hydrogens is 234 g/mol. The van der Waals surface area contributed by atoms with E-state index in [0.29, 0.717) is 0 Å². The first kappa shape index (κ1) is 10.9. The van der Waals surface area contributed by atoms with E-state index in [-0.39, 0.29) is 5.56 Å². The van der Waals surface area contributed by atoms with Crippen LogP contribution in [0.15, 0.2) is 48.7 Å². The highest BCUT2D eigenvalue weighted by atomic mass is 19.3. The van der Waals surface area contributed by atoms with E-state index in [1.54, 1.807) is 18.3 Å². The van der Waals surface area contributed by atoms with Crippen LogP contribution in [-0.2, 0) is 0 Å². The van der Waals surface area contributed by atoms with Gasteiger partial charge in [0.05, 0.1) is 0 Å². The van der Waals surface area contributed by atoms with Crippen LogP contribution in [0.1, 0.15) is 12.0 Å². The molecule has 0 atom stereocenters. The number of fused-ring (bicyclic) bond motifs is 1. The SMILES string of the molecule is FC(F)c1ccc(-c2cc3cccnc3[nH]2)cc1. The van der Waals surface area contributed by atoms with E-state index in [9.17, 15) is 8.78 Å². The molecule has 0 unspecified atom stereocenters. The number of benzene rings is 1. The summed E-state index contributed by atoms with van der Waals surface area (Å²) < 4.78 is 24.9. The lowest BCUT2D eigenvalue weighted by Gasteiger charge is -2.01. The molecule has 2 aromatic heterocycles. The molecular formula is C14H10F2N2. The van der Waals surface area contributed by atoms with Gasteiger partial charge >= 0.3 is 0 Å². The third-order valence-electron chi connectivity index (χ3n) is 2.87. The van der Waals surface area contributed by atoms with Gasteiger partial charge in [0.15, 0.2) is 0 Å². The topological polar surface area (TPSA) is 28.7 Å². The summed E-state index contributed by atoms with van der Waals surface area (Å²) in [5, 5.41) is 1.01. The second-order valence-corrected chi connectivity index (χ2v) is 4.05. The summed E-state index contributed by atoms with van der Waals surface area (Å²) in [7, 11) is 0. The smallest absolute Gasteiger partial charge is 0.263 e. The van der Waals surface area contributed by atoms with E-state index >= 15 is 0 Å². The first-order chi connectivity index (χ1) is 8.74. The van der Waals surface area contributed by atoms with Gasteiger partial charge in [-0.1, -0.05) is 24.3 Å². The number of rotatable bonds is 2. The van der Waals surface area contributed by atoms with Gasteiger partial charge in [-0.2, -0.15) is 0 Å². The van der Waals surface area contributed by atoms with Crippen LogP contribution in [-0.4, -0.2) is 9.97 Å². The van der Waals surface area contributed by atoms with Crippen molar-refractivity contribution in [2.45, 2.75) is 6.43 Å². The Morgan fingerprint density at radius 1 is 1.06 bits per heavy atom. The van der Waals surface area contributed by atoms with Crippen LogP contribution in [0.25, 0.3) is 22.3 Å². The van der Waals surface area contributed by atoms with Gasteiger partial charge in [0, 0.05) is 22.8 Å². The van der Waals surface area contributed by atoms with Crippen LogP contribution >= 0.6 is 0 Å². The molecule has 18 heavy (non-hydrogen) atoms. The minimum absolute atomic E-state index is 0.0352. The Morgan fingerprint density at radius 3 is 2.50 bits per heavy atom. The molecule has 1 aromatic carbocycles. The Balaban J connectivity index is 2.03. The van der Waals surface area contributed by atoms with E-state index in [0.717, 1.165) is 22.3 Å². The number of halogens is 2. The number of hydrogen-bond donors (Lipinski definition) is 1. The predicted octanol–water partition coefficient (Wildman–Crippen LogP) is 4.17. The van der Waals surface area contributed by atoms with Gasteiger partial charge in [-0.15, -0.1) is 0 Å². The summed E-state index contributed by atoms with van der Waals surface area (Å²) in [5.41, 5.74) is 2.58.